The molecule has 2 aromatic carbocycles. The highest BCUT2D eigenvalue weighted by Crippen LogP contribution is 2.27. The van der Waals surface area contributed by atoms with Gasteiger partial charge in [-0.1, -0.05) is 30.3 Å². The van der Waals surface area contributed by atoms with Crippen LogP contribution in [0.25, 0.3) is 0 Å². The van der Waals surface area contributed by atoms with E-state index in [1.54, 1.807) is 24.3 Å². The first kappa shape index (κ1) is 26.7. The number of carbonyl (C=O) groups is 2. The molecule has 0 aliphatic heterocycles. The minimum atomic E-state index is -0.595. The lowest BCUT2D eigenvalue weighted by atomic mass is 9.91. The van der Waals surface area contributed by atoms with E-state index in [9.17, 15) is 9.59 Å². The maximum atomic E-state index is 12.3. The quantitative estimate of drug-likeness (QED) is 0.195. The second kappa shape index (κ2) is 12.6. The second-order valence-electron chi connectivity index (χ2n) is 8.21. The van der Waals surface area contributed by atoms with Crippen molar-refractivity contribution in [3.05, 3.63) is 59.2 Å². The molecule has 2 rings (SSSR count). The third-order valence-electron chi connectivity index (χ3n) is 5.38. The van der Waals surface area contributed by atoms with E-state index in [1.807, 2.05) is 45.9 Å². The van der Waals surface area contributed by atoms with Crippen molar-refractivity contribution in [3.8, 4) is 11.5 Å². The van der Waals surface area contributed by atoms with Crippen LogP contribution in [0, 0.1) is 12.3 Å². The van der Waals surface area contributed by atoms with Gasteiger partial charge in [-0.25, -0.2) is 4.79 Å². The molecule has 0 fully saturated rings. The molecule has 8 heteroatoms. The number of aryl methyl sites for hydroxylation is 1. The Morgan fingerprint density at radius 1 is 0.971 bits per heavy atom. The maximum Gasteiger partial charge on any atom is 0.360 e. The van der Waals surface area contributed by atoms with Gasteiger partial charge in [-0.05, 0) is 57.0 Å². The summed E-state index contributed by atoms with van der Waals surface area (Å²) in [6, 6.07) is 12.6. The molecule has 0 aliphatic rings. The van der Waals surface area contributed by atoms with Crippen molar-refractivity contribution in [2.24, 2.45) is 10.6 Å². The number of rotatable bonds is 12. The fraction of sp³-hybridized carbons (Fsp3) is 0.423. The second-order valence-corrected chi connectivity index (χ2v) is 8.21. The molecule has 0 saturated heterocycles. The molecule has 34 heavy (non-hydrogen) atoms. The molecule has 2 aromatic rings. The van der Waals surface area contributed by atoms with Crippen LogP contribution in [0.2, 0.25) is 0 Å². The Labute approximate surface area is 200 Å². The number of carbonyl (C=O) groups excluding carboxylic acids is 2. The van der Waals surface area contributed by atoms with E-state index in [1.165, 1.54) is 14.2 Å². The summed E-state index contributed by atoms with van der Waals surface area (Å²) in [5.41, 5.74) is 1.83. The third-order valence-corrected chi connectivity index (χ3v) is 5.38. The van der Waals surface area contributed by atoms with E-state index < -0.39 is 11.4 Å². The number of oxime groups is 1. The number of nitrogens with zero attached hydrogens (tertiary/aromatic N) is 1. The summed E-state index contributed by atoms with van der Waals surface area (Å²) in [5, 5.41) is 3.71. The summed E-state index contributed by atoms with van der Waals surface area (Å²) >= 11 is 0. The highest BCUT2D eigenvalue weighted by atomic mass is 16.6. The van der Waals surface area contributed by atoms with Crippen molar-refractivity contribution in [3.63, 3.8) is 0 Å². The predicted molar refractivity (Wildman–Crippen MR) is 128 cm³/mol. The Morgan fingerprint density at radius 3 is 2.26 bits per heavy atom. The first-order valence-electron chi connectivity index (χ1n) is 11.0. The molecular weight excluding hydrogens is 438 g/mol. The normalized spacial score (nSPS) is 11.5. The average molecular weight is 472 g/mol. The fourth-order valence-electron chi connectivity index (χ4n) is 2.92. The highest BCUT2D eigenvalue weighted by molar-refractivity contribution is 6.43. The maximum absolute atomic E-state index is 12.3. The molecule has 0 aliphatic carbocycles. The lowest BCUT2D eigenvalue weighted by Crippen LogP contribution is -2.25. The monoisotopic (exact) mass is 471 g/mol. The summed E-state index contributed by atoms with van der Waals surface area (Å²) in [5.74, 6) is 0.457. The standard InChI is InChI=1S/C26H33NO7/c1-7-26(3,4)25(29)34-17-20-10-8-9-18(2)23(20)33-16-15-32-21-13-11-19(12-14-21)22(27-31-6)24(28)30-5/h8-14H,7,15-17H2,1-6H3/b27-22-. The van der Waals surface area contributed by atoms with E-state index >= 15 is 0 Å². The Bertz CT molecular complexity index is 997. The van der Waals surface area contributed by atoms with Gasteiger partial charge in [-0.3, -0.25) is 4.79 Å². The van der Waals surface area contributed by atoms with E-state index in [0.29, 0.717) is 36.7 Å². The van der Waals surface area contributed by atoms with Crippen molar-refractivity contribution < 1.29 is 33.4 Å². The minimum absolute atomic E-state index is 0.0648. The molecule has 0 N–H and O–H groups in total. The smallest absolute Gasteiger partial charge is 0.360 e. The van der Waals surface area contributed by atoms with Gasteiger partial charge in [-0.15, -0.1) is 0 Å². The summed E-state index contributed by atoms with van der Waals surface area (Å²) < 4.78 is 22.0. The molecule has 8 nitrogen and oxygen atoms in total. The highest BCUT2D eigenvalue weighted by Gasteiger charge is 2.27. The van der Waals surface area contributed by atoms with Gasteiger partial charge < -0.3 is 23.8 Å². The topological polar surface area (TPSA) is 92.7 Å². The molecule has 0 saturated carbocycles. The molecular formula is C26H33NO7. The number of ether oxygens (including phenoxy) is 4. The van der Waals surface area contributed by atoms with E-state index in [-0.39, 0.29) is 18.3 Å². The summed E-state index contributed by atoms with van der Waals surface area (Å²) in [4.78, 5) is 28.9. The van der Waals surface area contributed by atoms with Gasteiger partial charge >= 0.3 is 11.9 Å². The molecule has 0 atom stereocenters. The van der Waals surface area contributed by atoms with Gasteiger partial charge in [0.15, 0.2) is 5.71 Å². The van der Waals surface area contributed by atoms with Crippen LogP contribution >= 0.6 is 0 Å². The first-order valence-corrected chi connectivity index (χ1v) is 11.0. The first-order chi connectivity index (χ1) is 16.2. The Kier molecular flexibility index (Phi) is 9.92. The molecule has 0 bridgehead atoms. The third kappa shape index (κ3) is 7.23. The predicted octanol–water partition coefficient (Wildman–Crippen LogP) is 4.46. The largest absolute Gasteiger partial charge is 0.490 e. The molecule has 0 amide bonds. The van der Waals surface area contributed by atoms with Gasteiger partial charge in [-0.2, -0.15) is 0 Å². The lowest BCUT2D eigenvalue weighted by molar-refractivity contribution is -0.155. The fourth-order valence-corrected chi connectivity index (χ4v) is 2.92. The van der Waals surface area contributed by atoms with Crippen LogP contribution in [-0.2, 0) is 30.5 Å². The minimum Gasteiger partial charge on any atom is -0.490 e. The van der Waals surface area contributed by atoms with Gasteiger partial charge in [0.1, 0.15) is 38.4 Å². The SMILES string of the molecule is CCC(C)(C)C(=O)OCc1cccc(C)c1OCCOc1ccc(/C(=N/OC)C(=O)OC)cc1. The van der Waals surface area contributed by atoms with E-state index in [4.69, 9.17) is 23.8 Å². The lowest BCUT2D eigenvalue weighted by Gasteiger charge is -2.21. The van der Waals surface area contributed by atoms with Crippen LogP contribution in [0.3, 0.4) is 0 Å². The van der Waals surface area contributed by atoms with Crippen molar-refractivity contribution in [2.45, 2.75) is 40.7 Å². The summed E-state index contributed by atoms with van der Waals surface area (Å²) in [6.07, 6.45) is 0.699. The number of hydrogen-bond acceptors (Lipinski definition) is 8. The van der Waals surface area contributed by atoms with Crippen LogP contribution in [0.5, 0.6) is 11.5 Å². The average Bonchev–Trinajstić information content (AvgIpc) is 2.84. The van der Waals surface area contributed by atoms with Gasteiger partial charge in [0.2, 0.25) is 0 Å². The Morgan fingerprint density at radius 2 is 1.65 bits per heavy atom. The van der Waals surface area contributed by atoms with E-state index in [0.717, 1.165) is 11.1 Å². The molecule has 184 valence electrons. The van der Waals surface area contributed by atoms with Gasteiger partial charge in [0.05, 0.1) is 12.5 Å². The Balaban J connectivity index is 1.94. The number of esters is 2. The number of methoxy groups -OCH3 is 1. The zero-order chi connectivity index (χ0) is 25.1. The van der Waals surface area contributed by atoms with Gasteiger partial charge in [0, 0.05) is 11.1 Å². The summed E-state index contributed by atoms with van der Waals surface area (Å²) in [7, 11) is 2.64. The zero-order valence-electron chi connectivity index (χ0n) is 20.7. The molecule has 0 heterocycles. The van der Waals surface area contributed by atoms with Crippen LogP contribution in [-0.4, -0.2) is 45.1 Å². The summed E-state index contributed by atoms with van der Waals surface area (Å²) in [6.45, 7) is 8.38. The number of para-hydroxylation sites is 1. The van der Waals surface area contributed by atoms with Crippen LogP contribution < -0.4 is 9.47 Å². The molecule has 0 aromatic heterocycles. The van der Waals surface area contributed by atoms with Crippen molar-refractivity contribution >= 4 is 17.7 Å². The van der Waals surface area contributed by atoms with Crippen LogP contribution in [0.4, 0.5) is 0 Å². The zero-order valence-corrected chi connectivity index (χ0v) is 20.7. The van der Waals surface area contributed by atoms with Crippen molar-refractivity contribution in [1.82, 2.24) is 0 Å². The molecule has 0 radical (unpaired) electrons. The number of benzene rings is 2. The molecule has 0 spiro atoms. The van der Waals surface area contributed by atoms with E-state index in [2.05, 4.69) is 5.16 Å². The van der Waals surface area contributed by atoms with Crippen LogP contribution in [0.1, 0.15) is 43.9 Å². The number of hydrogen-bond donors (Lipinski definition) is 0. The van der Waals surface area contributed by atoms with Crippen LogP contribution in [0.15, 0.2) is 47.6 Å². The molecule has 0 unspecified atom stereocenters. The van der Waals surface area contributed by atoms with Gasteiger partial charge in [0.25, 0.3) is 0 Å². The van der Waals surface area contributed by atoms with Crippen molar-refractivity contribution in [1.29, 1.82) is 0 Å². The van der Waals surface area contributed by atoms with Crippen molar-refractivity contribution in [2.75, 3.05) is 27.4 Å². The Hall–Kier alpha value is -3.55.